The van der Waals surface area contributed by atoms with Crippen molar-refractivity contribution >= 4 is 51.0 Å². The molecule has 0 fully saturated rings. The predicted molar refractivity (Wildman–Crippen MR) is 121 cm³/mol. The highest BCUT2D eigenvalue weighted by Crippen LogP contribution is 2.29. The number of hydrogen-bond acceptors (Lipinski definition) is 6. The zero-order chi connectivity index (χ0) is 23.3. The van der Waals surface area contributed by atoms with Gasteiger partial charge >= 0.3 is 10.1 Å². The lowest BCUT2D eigenvalue weighted by Gasteiger charge is -2.09. The van der Waals surface area contributed by atoms with Crippen LogP contribution in [0.15, 0.2) is 77.2 Å². The van der Waals surface area contributed by atoms with Crippen LogP contribution >= 0.6 is 23.2 Å². The highest BCUT2D eigenvalue weighted by atomic mass is 35.5. The lowest BCUT2D eigenvalue weighted by Crippen LogP contribution is -2.13. The monoisotopic (exact) mass is 488 g/mol. The molecule has 162 valence electrons. The third-order valence-electron chi connectivity index (χ3n) is 4.06. The highest BCUT2D eigenvalue weighted by molar-refractivity contribution is 7.87. The van der Waals surface area contributed by atoms with Crippen LogP contribution in [0.4, 0.5) is 5.69 Å². The number of benzene rings is 3. The lowest BCUT2D eigenvalue weighted by molar-refractivity contribution is -0.112. The molecule has 0 spiro atoms. The maximum absolute atomic E-state index is 12.4. The van der Waals surface area contributed by atoms with E-state index in [9.17, 15) is 23.6 Å². The van der Waals surface area contributed by atoms with Crippen LogP contribution in [0.5, 0.6) is 11.5 Å². The van der Waals surface area contributed by atoms with Gasteiger partial charge in [0, 0.05) is 10.7 Å². The SMILES string of the molecule is N#C/C(=C\c1ccc(OS(=O)(=O)c2ccc(Cl)cc2)c(Cl)c1)C(=O)Nc1ccc(O)cc1. The van der Waals surface area contributed by atoms with E-state index in [1.807, 2.05) is 0 Å². The molecule has 10 heteroatoms. The Morgan fingerprint density at radius 2 is 1.69 bits per heavy atom. The molecule has 0 aliphatic rings. The molecule has 32 heavy (non-hydrogen) atoms. The summed E-state index contributed by atoms with van der Waals surface area (Å²) in [6, 6.07) is 17.1. The van der Waals surface area contributed by atoms with E-state index in [4.69, 9.17) is 27.4 Å². The molecule has 3 aromatic rings. The zero-order valence-corrected chi connectivity index (χ0v) is 18.4. The van der Waals surface area contributed by atoms with E-state index in [-0.39, 0.29) is 27.0 Å². The van der Waals surface area contributed by atoms with Gasteiger partial charge in [-0.3, -0.25) is 4.79 Å². The minimum Gasteiger partial charge on any atom is -0.508 e. The third-order valence-corrected chi connectivity index (χ3v) is 5.85. The van der Waals surface area contributed by atoms with Crippen LogP contribution in [-0.4, -0.2) is 19.4 Å². The maximum Gasteiger partial charge on any atom is 0.339 e. The molecule has 0 aliphatic heterocycles. The van der Waals surface area contributed by atoms with Crippen molar-refractivity contribution in [3.05, 3.63) is 87.9 Å². The van der Waals surface area contributed by atoms with Gasteiger partial charge in [0.25, 0.3) is 5.91 Å². The Hall–Kier alpha value is -3.51. The van der Waals surface area contributed by atoms with E-state index in [2.05, 4.69) is 5.32 Å². The Kier molecular flexibility index (Phi) is 7.05. The Balaban J connectivity index is 1.79. The fourth-order valence-electron chi connectivity index (χ4n) is 2.50. The van der Waals surface area contributed by atoms with Gasteiger partial charge in [-0.2, -0.15) is 13.7 Å². The van der Waals surface area contributed by atoms with Crippen molar-refractivity contribution in [3.8, 4) is 17.6 Å². The third kappa shape index (κ3) is 5.80. The van der Waals surface area contributed by atoms with Crippen LogP contribution in [0.1, 0.15) is 5.56 Å². The van der Waals surface area contributed by atoms with Crippen molar-refractivity contribution in [1.82, 2.24) is 0 Å². The second-order valence-electron chi connectivity index (χ2n) is 6.35. The summed E-state index contributed by atoms with van der Waals surface area (Å²) in [5.74, 6) is -0.750. The predicted octanol–water partition coefficient (Wildman–Crippen LogP) is 5.01. The van der Waals surface area contributed by atoms with E-state index in [0.29, 0.717) is 16.3 Å². The van der Waals surface area contributed by atoms with Crippen molar-refractivity contribution in [2.45, 2.75) is 4.90 Å². The molecule has 3 aromatic carbocycles. The van der Waals surface area contributed by atoms with E-state index in [0.717, 1.165) is 0 Å². The Bertz CT molecular complexity index is 1330. The summed E-state index contributed by atoms with van der Waals surface area (Å²) >= 11 is 11.9. The number of nitrogens with one attached hydrogen (secondary N) is 1. The van der Waals surface area contributed by atoms with Crippen LogP contribution < -0.4 is 9.50 Å². The molecular weight excluding hydrogens is 475 g/mol. The number of anilines is 1. The lowest BCUT2D eigenvalue weighted by atomic mass is 10.1. The minimum absolute atomic E-state index is 0.0347. The summed E-state index contributed by atoms with van der Waals surface area (Å²) in [5.41, 5.74) is 0.559. The topological polar surface area (TPSA) is 116 Å². The molecule has 0 unspecified atom stereocenters. The molecule has 3 rings (SSSR count). The van der Waals surface area contributed by atoms with Gasteiger partial charge < -0.3 is 14.6 Å². The molecule has 0 saturated carbocycles. The molecule has 0 aromatic heterocycles. The molecule has 0 aliphatic carbocycles. The summed E-state index contributed by atoms with van der Waals surface area (Å²) in [7, 11) is -4.14. The Morgan fingerprint density at radius 3 is 2.28 bits per heavy atom. The maximum atomic E-state index is 12.4. The van der Waals surface area contributed by atoms with Gasteiger partial charge in [0.1, 0.15) is 22.3 Å². The first-order chi connectivity index (χ1) is 15.2. The Morgan fingerprint density at radius 1 is 1.03 bits per heavy atom. The number of hydrogen-bond donors (Lipinski definition) is 2. The van der Waals surface area contributed by atoms with Crippen LogP contribution in [0.25, 0.3) is 6.08 Å². The fraction of sp³-hybridized carbons (Fsp3) is 0. The van der Waals surface area contributed by atoms with E-state index >= 15 is 0 Å². The molecule has 0 bridgehead atoms. The number of amides is 1. The van der Waals surface area contributed by atoms with E-state index in [1.165, 1.54) is 72.8 Å². The first-order valence-corrected chi connectivity index (χ1v) is 11.1. The Labute approximate surface area is 194 Å². The fourth-order valence-corrected chi connectivity index (χ4v) is 3.85. The van der Waals surface area contributed by atoms with Crippen LogP contribution in [-0.2, 0) is 14.9 Å². The smallest absolute Gasteiger partial charge is 0.339 e. The summed E-state index contributed by atoms with van der Waals surface area (Å²) in [6.45, 7) is 0. The van der Waals surface area contributed by atoms with Gasteiger partial charge in [-0.05, 0) is 72.3 Å². The van der Waals surface area contributed by atoms with Gasteiger partial charge in [0.15, 0.2) is 5.75 Å². The second kappa shape index (κ2) is 9.75. The molecule has 2 N–H and O–H groups in total. The normalized spacial score (nSPS) is 11.5. The molecule has 0 saturated heterocycles. The molecule has 7 nitrogen and oxygen atoms in total. The average Bonchev–Trinajstić information content (AvgIpc) is 2.75. The minimum atomic E-state index is -4.14. The molecule has 0 heterocycles. The molecule has 0 radical (unpaired) electrons. The van der Waals surface area contributed by atoms with Crippen molar-refractivity contribution in [1.29, 1.82) is 5.26 Å². The summed E-state index contributed by atoms with van der Waals surface area (Å²) in [6.07, 6.45) is 1.29. The number of aromatic hydroxyl groups is 1. The standard InChI is InChI=1S/C22H14Cl2N2O5S/c23-16-2-8-19(9-3-16)32(29,30)31-21-10-1-14(12-20(21)24)11-15(13-25)22(28)26-17-4-6-18(27)7-5-17/h1-12,27H,(H,26,28)/b15-11+. The first-order valence-electron chi connectivity index (χ1n) is 8.90. The van der Waals surface area contributed by atoms with Crippen LogP contribution in [0.3, 0.4) is 0 Å². The number of phenolic OH excluding ortho intramolecular Hbond substituents is 1. The van der Waals surface area contributed by atoms with Crippen molar-refractivity contribution in [2.24, 2.45) is 0 Å². The van der Waals surface area contributed by atoms with Crippen molar-refractivity contribution in [2.75, 3.05) is 5.32 Å². The van der Waals surface area contributed by atoms with Gasteiger partial charge in [0.2, 0.25) is 0 Å². The van der Waals surface area contributed by atoms with Gasteiger partial charge in [0.05, 0.1) is 5.02 Å². The number of carbonyl (C=O) groups is 1. The van der Waals surface area contributed by atoms with E-state index < -0.39 is 16.0 Å². The van der Waals surface area contributed by atoms with Gasteiger partial charge in [-0.1, -0.05) is 29.3 Å². The summed E-state index contributed by atoms with van der Waals surface area (Å²) in [4.78, 5) is 12.2. The summed E-state index contributed by atoms with van der Waals surface area (Å²) in [5, 5.41) is 21.5. The summed E-state index contributed by atoms with van der Waals surface area (Å²) < 4.78 is 29.9. The highest BCUT2D eigenvalue weighted by Gasteiger charge is 2.18. The van der Waals surface area contributed by atoms with Crippen LogP contribution in [0, 0.1) is 11.3 Å². The largest absolute Gasteiger partial charge is 0.508 e. The quantitative estimate of drug-likeness (QED) is 0.218. The first kappa shape index (κ1) is 23.2. The van der Waals surface area contributed by atoms with Crippen molar-refractivity contribution < 1.29 is 22.5 Å². The zero-order valence-electron chi connectivity index (χ0n) is 16.1. The second-order valence-corrected chi connectivity index (χ2v) is 8.74. The van der Waals surface area contributed by atoms with Crippen LogP contribution in [0.2, 0.25) is 10.0 Å². The number of nitriles is 1. The number of halogens is 2. The number of nitrogens with zero attached hydrogens (tertiary/aromatic N) is 1. The number of phenols is 1. The molecule has 0 atom stereocenters. The molecular formula is C22H14Cl2N2O5S. The number of rotatable bonds is 6. The molecule has 1 amide bonds. The van der Waals surface area contributed by atoms with Gasteiger partial charge in [-0.15, -0.1) is 0 Å². The van der Waals surface area contributed by atoms with Crippen molar-refractivity contribution in [3.63, 3.8) is 0 Å². The van der Waals surface area contributed by atoms with Gasteiger partial charge in [-0.25, -0.2) is 0 Å². The number of carbonyl (C=O) groups excluding carboxylic acids is 1. The van der Waals surface area contributed by atoms with E-state index in [1.54, 1.807) is 6.07 Å². The average molecular weight is 489 g/mol.